The van der Waals surface area contributed by atoms with Gasteiger partial charge < -0.3 is 5.32 Å². The molecule has 0 aliphatic carbocycles. The summed E-state index contributed by atoms with van der Waals surface area (Å²) >= 11 is 0. The first-order chi connectivity index (χ1) is 9.63. The number of hydrogen-bond donors (Lipinski definition) is 1. The molecule has 1 aromatic carbocycles. The van der Waals surface area contributed by atoms with Gasteiger partial charge in [-0.25, -0.2) is 16.8 Å². The Kier molecular flexibility index (Phi) is 6.37. The molecule has 0 aliphatic heterocycles. The van der Waals surface area contributed by atoms with Crippen LogP contribution in [0, 0.1) is 0 Å². The number of rotatable bonds is 8. The Labute approximate surface area is 127 Å². The molecule has 1 atom stereocenters. The fraction of sp³-hybridized carbons (Fsp3) is 0.571. The summed E-state index contributed by atoms with van der Waals surface area (Å²) in [5.41, 5.74) is 0.970. The van der Waals surface area contributed by atoms with Gasteiger partial charge in [0.15, 0.2) is 9.84 Å². The molecule has 1 unspecified atom stereocenters. The van der Waals surface area contributed by atoms with E-state index < -0.39 is 19.7 Å². The van der Waals surface area contributed by atoms with E-state index in [2.05, 4.69) is 5.32 Å². The van der Waals surface area contributed by atoms with Gasteiger partial charge in [-0.15, -0.1) is 0 Å². The summed E-state index contributed by atoms with van der Waals surface area (Å²) in [5, 5.41) is 3.30. The lowest BCUT2D eigenvalue weighted by atomic mass is 10.0. The first-order valence-electron chi connectivity index (χ1n) is 6.84. The number of nitrogens with one attached hydrogen (secondary N) is 1. The zero-order valence-electron chi connectivity index (χ0n) is 12.7. The van der Waals surface area contributed by atoms with Gasteiger partial charge in [0.05, 0.1) is 4.90 Å². The van der Waals surface area contributed by atoms with Crippen LogP contribution in [0.15, 0.2) is 29.2 Å². The van der Waals surface area contributed by atoms with Crippen molar-refractivity contribution in [2.75, 3.05) is 24.8 Å². The summed E-state index contributed by atoms with van der Waals surface area (Å²) < 4.78 is 45.2. The molecule has 0 aromatic heterocycles. The van der Waals surface area contributed by atoms with E-state index in [0.717, 1.165) is 12.1 Å². The maximum absolute atomic E-state index is 11.4. The summed E-state index contributed by atoms with van der Waals surface area (Å²) in [4.78, 5) is 0.289. The van der Waals surface area contributed by atoms with E-state index in [9.17, 15) is 16.8 Å². The summed E-state index contributed by atoms with van der Waals surface area (Å²) in [5.74, 6) is 0.163. The van der Waals surface area contributed by atoms with Gasteiger partial charge in [-0.3, -0.25) is 0 Å². The largest absolute Gasteiger partial charge is 0.310 e. The fourth-order valence-corrected chi connectivity index (χ4v) is 3.45. The molecule has 1 N–H and O–H groups in total. The Balaban J connectivity index is 2.81. The van der Waals surface area contributed by atoms with E-state index >= 15 is 0 Å². The maximum Gasteiger partial charge on any atom is 0.175 e. The zero-order chi connectivity index (χ0) is 16.1. The molecule has 0 saturated carbocycles. The average Bonchev–Trinajstić information content (AvgIpc) is 2.35. The Morgan fingerprint density at radius 1 is 1.05 bits per heavy atom. The molecular formula is C14H23NO4S2. The Morgan fingerprint density at radius 2 is 1.62 bits per heavy atom. The van der Waals surface area contributed by atoms with Gasteiger partial charge in [-0.2, -0.15) is 0 Å². The van der Waals surface area contributed by atoms with Gasteiger partial charge >= 0.3 is 0 Å². The third-order valence-corrected chi connectivity index (χ3v) is 5.33. The van der Waals surface area contributed by atoms with Crippen LogP contribution < -0.4 is 5.32 Å². The average molecular weight is 333 g/mol. The minimum absolute atomic E-state index is 0.0327. The highest BCUT2D eigenvalue weighted by Crippen LogP contribution is 2.21. The number of sulfone groups is 2. The number of hydrogen-bond acceptors (Lipinski definition) is 5. The van der Waals surface area contributed by atoms with Crippen molar-refractivity contribution < 1.29 is 16.8 Å². The van der Waals surface area contributed by atoms with Gasteiger partial charge in [0, 0.05) is 24.3 Å². The molecule has 0 bridgehead atoms. The van der Waals surface area contributed by atoms with Crippen molar-refractivity contribution in [2.45, 2.75) is 30.7 Å². The van der Waals surface area contributed by atoms with Crippen molar-refractivity contribution >= 4 is 19.7 Å². The van der Waals surface area contributed by atoms with Crippen LogP contribution in [0.25, 0.3) is 0 Å². The third kappa shape index (κ3) is 6.58. The highest BCUT2D eigenvalue weighted by Gasteiger charge is 2.13. The van der Waals surface area contributed by atoms with Crippen LogP contribution >= 0.6 is 0 Å². The topological polar surface area (TPSA) is 80.3 Å². The second-order valence-corrected chi connectivity index (χ2v) is 9.50. The van der Waals surface area contributed by atoms with Gasteiger partial charge in [0.25, 0.3) is 0 Å². The molecule has 0 amide bonds. The second kappa shape index (κ2) is 7.38. The fourth-order valence-electron chi connectivity index (χ4n) is 2.13. The third-order valence-electron chi connectivity index (χ3n) is 3.17. The van der Waals surface area contributed by atoms with Crippen molar-refractivity contribution in [1.82, 2.24) is 5.32 Å². The zero-order valence-corrected chi connectivity index (χ0v) is 14.3. The van der Waals surface area contributed by atoms with E-state index in [4.69, 9.17) is 0 Å². The molecule has 0 heterocycles. The summed E-state index contributed by atoms with van der Waals surface area (Å²) in [7, 11) is -6.14. The molecule has 21 heavy (non-hydrogen) atoms. The molecule has 0 spiro atoms. The van der Waals surface area contributed by atoms with E-state index in [1.807, 2.05) is 6.92 Å². The van der Waals surface area contributed by atoms with Gasteiger partial charge in [-0.1, -0.05) is 19.1 Å². The summed E-state index contributed by atoms with van der Waals surface area (Å²) in [6, 6.07) is 6.77. The maximum atomic E-state index is 11.4. The molecule has 0 radical (unpaired) electrons. The van der Waals surface area contributed by atoms with Crippen molar-refractivity contribution in [3.05, 3.63) is 29.8 Å². The van der Waals surface area contributed by atoms with Crippen molar-refractivity contribution in [2.24, 2.45) is 0 Å². The van der Waals surface area contributed by atoms with E-state index in [1.165, 1.54) is 12.5 Å². The van der Waals surface area contributed by atoms with Gasteiger partial charge in [0.1, 0.15) is 9.84 Å². The molecule has 5 nitrogen and oxygen atoms in total. The highest BCUT2D eigenvalue weighted by atomic mass is 32.2. The molecule has 7 heteroatoms. The predicted molar refractivity (Wildman–Crippen MR) is 84.9 cm³/mol. The lowest BCUT2D eigenvalue weighted by Crippen LogP contribution is -2.21. The molecule has 1 rings (SSSR count). The van der Waals surface area contributed by atoms with Crippen LogP contribution in [0.4, 0.5) is 0 Å². The molecule has 0 saturated heterocycles. The van der Waals surface area contributed by atoms with Crippen LogP contribution in [-0.2, 0) is 19.7 Å². The van der Waals surface area contributed by atoms with Crippen LogP contribution in [0.2, 0.25) is 0 Å². The SMILES string of the molecule is CCNC(CCCS(C)(=O)=O)c1ccc(S(C)(=O)=O)cc1. The minimum Gasteiger partial charge on any atom is -0.310 e. The van der Waals surface area contributed by atoms with Crippen molar-refractivity contribution in [3.8, 4) is 0 Å². The van der Waals surface area contributed by atoms with Crippen molar-refractivity contribution in [3.63, 3.8) is 0 Å². The summed E-state index contributed by atoms with van der Waals surface area (Å²) in [6.07, 6.45) is 3.68. The molecule has 120 valence electrons. The van der Waals surface area contributed by atoms with Crippen LogP contribution in [0.3, 0.4) is 0 Å². The van der Waals surface area contributed by atoms with Crippen molar-refractivity contribution in [1.29, 1.82) is 0 Å². The Morgan fingerprint density at radius 3 is 2.05 bits per heavy atom. The smallest absolute Gasteiger partial charge is 0.175 e. The van der Waals surface area contributed by atoms with E-state index in [0.29, 0.717) is 12.8 Å². The lowest BCUT2D eigenvalue weighted by Gasteiger charge is -2.18. The summed E-state index contributed by atoms with van der Waals surface area (Å²) in [6.45, 7) is 2.74. The van der Waals surface area contributed by atoms with E-state index in [-0.39, 0.29) is 16.7 Å². The first-order valence-corrected chi connectivity index (χ1v) is 10.8. The standard InChI is InChI=1S/C14H23NO4S2/c1-4-15-14(6-5-11-20(2,16)17)12-7-9-13(10-8-12)21(3,18)19/h7-10,14-15H,4-6,11H2,1-3H3. The molecular weight excluding hydrogens is 310 g/mol. The lowest BCUT2D eigenvalue weighted by molar-refractivity contribution is 0.506. The van der Waals surface area contributed by atoms with E-state index in [1.54, 1.807) is 24.3 Å². The monoisotopic (exact) mass is 333 g/mol. The van der Waals surface area contributed by atoms with Crippen LogP contribution in [-0.4, -0.2) is 41.6 Å². The molecule has 0 fully saturated rings. The molecule has 0 aliphatic rings. The Bertz CT molecular complexity index is 649. The Hall–Kier alpha value is -0.920. The normalized spacial score (nSPS) is 14.0. The molecule has 1 aromatic rings. The highest BCUT2D eigenvalue weighted by molar-refractivity contribution is 7.90. The van der Waals surface area contributed by atoms with Gasteiger partial charge in [0.2, 0.25) is 0 Å². The quantitative estimate of drug-likeness (QED) is 0.781. The van der Waals surface area contributed by atoms with Crippen LogP contribution in [0.1, 0.15) is 31.4 Å². The predicted octanol–water partition coefficient (Wildman–Crippen LogP) is 1.57. The second-order valence-electron chi connectivity index (χ2n) is 5.22. The minimum atomic E-state index is -3.19. The first kappa shape index (κ1) is 18.1. The van der Waals surface area contributed by atoms with Crippen LogP contribution in [0.5, 0.6) is 0 Å². The van der Waals surface area contributed by atoms with Gasteiger partial charge in [-0.05, 0) is 37.1 Å². The number of benzene rings is 1.